The molecule has 0 radical (unpaired) electrons. The number of hydrogen-bond acceptors (Lipinski definition) is 5. The predicted octanol–water partition coefficient (Wildman–Crippen LogP) is 3.39. The monoisotopic (exact) mass is 550 g/mol. The van der Waals surface area contributed by atoms with E-state index in [-0.39, 0.29) is 35.8 Å². The summed E-state index contributed by atoms with van der Waals surface area (Å²) in [5.41, 5.74) is 1.03. The van der Waals surface area contributed by atoms with Gasteiger partial charge >= 0.3 is 0 Å². The van der Waals surface area contributed by atoms with Crippen molar-refractivity contribution < 1.29 is 13.2 Å². The molecule has 0 amide bonds. The Morgan fingerprint density at radius 1 is 1.33 bits per heavy atom. The molecule has 1 saturated carbocycles. The molecule has 0 spiro atoms. The van der Waals surface area contributed by atoms with Gasteiger partial charge < -0.3 is 15.0 Å². The summed E-state index contributed by atoms with van der Waals surface area (Å²) in [6, 6.07) is 3.91. The topological polar surface area (TPSA) is 83.9 Å². The molecule has 1 saturated heterocycles. The molecule has 1 aliphatic carbocycles. The molecule has 2 heterocycles. The van der Waals surface area contributed by atoms with Crippen molar-refractivity contribution in [3.63, 3.8) is 0 Å². The lowest BCUT2D eigenvalue weighted by Crippen LogP contribution is -2.57. The van der Waals surface area contributed by atoms with Crippen molar-refractivity contribution in [3.05, 3.63) is 23.9 Å². The summed E-state index contributed by atoms with van der Waals surface area (Å²) >= 11 is 0. The Morgan fingerprint density at radius 3 is 2.73 bits per heavy atom. The largest absolute Gasteiger partial charge is 0.474 e. The second-order valence-corrected chi connectivity index (χ2v) is 11.3. The van der Waals surface area contributed by atoms with Crippen LogP contribution < -0.4 is 10.1 Å². The number of rotatable bonds is 5. The van der Waals surface area contributed by atoms with E-state index in [1.807, 2.05) is 24.0 Å². The first-order chi connectivity index (χ1) is 13.8. The van der Waals surface area contributed by atoms with Crippen LogP contribution in [0.2, 0.25) is 0 Å². The summed E-state index contributed by atoms with van der Waals surface area (Å²) in [5, 5.41) is 3.30. The van der Waals surface area contributed by atoms with Crippen LogP contribution in [0, 0.1) is 0 Å². The molecule has 1 aromatic rings. The van der Waals surface area contributed by atoms with E-state index in [1.54, 1.807) is 20.0 Å². The van der Waals surface area contributed by atoms with Crippen LogP contribution in [0.1, 0.15) is 58.4 Å². The zero-order valence-electron chi connectivity index (χ0n) is 18.3. The Bertz CT molecular complexity index is 823. The average molecular weight is 551 g/mol. The van der Waals surface area contributed by atoms with Gasteiger partial charge in [-0.05, 0) is 58.1 Å². The second-order valence-electron chi connectivity index (χ2n) is 8.55. The van der Waals surface area contributed by atoms with Gasteiger partial charge in [0.2, 0.25) is 5.88 Å². The highest BCUT2D eigenvalue weighted by Crippen LogP contribution is 2.24. The van der Waals surface area contributed by atoms with Crippen molar-refractivity contribution in [3.8, 4) is 5.88 Å². The van der Waals surface area contributed by atoms with Crippen molar-refractivity contribution in [2.75, 3.05) is 25.4 Å². The number of aliphatic imine (C=N–C) groups is 1. The molecule has 1 aromatic heterocycles. The number of hydrogen-bond donors (Lipinski definition) is 1. The van der Waals surface area contributed by atoms with Gasteiger partial charge in [0.1, 0.15) is 6.10 Å². The summed E-state index contributed by atoms with van der Waals surface area (Å²) in [7, 11) is -3.08. The van der Waals surface area contributed by atoms with Gasteiger partial charge in [-0.2, -0.15) is 0 Å². The first-order valence-corrected chi connectivity index (χ1v) is 12.3. The molecule has 0 bridgehead atoms. The van der Waals surface area contributed by atoms with Gasteiger partial charge in [-0.3, -0.25) is 0 Å². The van der Waals surface area contributed by atoms with Crippen LogP contribution in [-0.4, -0.2) is 60.5 Å². The summed E-state index contributed by atoms with van der Waals surface area (Å²) in [4.78, 5) is 11.2. The van der Waals surface area contributed by atoms with Gasteiger partial charge in [-0.15, -0.1) is 24.0 Å². The Balaban J connectivity index is 0.00000320. The number of sulfone groups is 1. The minimum Gasteiger partial charge on any atom is -0.474 e. The number of pyridine rings is 1. The lowest BCUT2D eigenvalue weighted by molar-refractivity contribution is 0.148. The summed E-state index contributed by atoms with van der Waals surface area (Å²) < 4.78 is 29.9. The first kappa shape index (κ1) is 25.2. The fourth-order valence-corrected chi connectivity index (χ4v) is 5.25. The molecule has 30 heavy (non-hydrogen) atoms. The number of nitrogens with zero attached hydrogens (tertiary/aromatic N) is 3. The van der Waals surface area contributed by atoms with Gasteiger partial charge in [0.05, 0.1) is 17.0 Å². The molecule has 0 aromatic carbocycles. The van der Waals surface area contributed by atoms with Crippen LogP contribution >= 0.6 is 24.0 Å². The van der Waals surface area contributed by atoms with Crippen molar-refractivity contribution >= 4 is 39.8 Å². The molecule has 1 aliphatic heterocycles. The van der Waals surface area contributed by atoms with E-state index >= 15 is 0 Å². The standard InChI is InChI=1S/C21H34N4O3S.HI/c1-4-22-20(25-12-13-29(26,27)21(2,3)16-25)24-15-17-10-11-23-19(14-17)28-18-8-6-5-7-9-18;/h10-11,14,18H,4-9,12-13,15-16H2,1-3H3,(H,22,24);1H. The summed E-state index contributed by atoms with van der Waals surface area (Å²) in [6.07, 6.45) is 7.98. The van der Waals surface area contributed by atoms with E-state index in [9.17, 15) is 8.42 Å². The zero-order valence-corrected chi connectivity index (χ0v) is 21.4. The van der Waals surface area contributed by atoms with E-state index in [2.05, 4.69) is 10.3 Å². The lowest BCUT2D eigenvalue weighted by atomic mass is 9.98. The molecule has 170 valence electrons. The number of aromatic nitrogens is 1. The Hall–Kier alpha value is -1.10. The van der Waals surface area contributed by atoms with Crippen LogP contribution in [0.4, 0.5) is 0 Å². The fraction of sp³-hybridized carbons (Fsp3) is 0.714. The Labute approximate surface area is 198 Å². The molecule has 2 fully saturated rings. The normalized spacial score (nSPS) is 21.6. The number of guanidine groups is 1. The molecule has 3 rings (SSSR count). The molecular weight excluding hydrogens is 515 g/mol. The molecule has 0 atom stereocenters. The highest BCUT2D eigenvalue weighted by Gasteiger charge is 2.40. The van der Waals surface area contributed by atoms with E-state index in [1.165, 1.54) is 19.3 Å². The summed E-state index contributed by atoms with van der Waals surface area (Å²) in [5.74, 6) is 1.57. The van der Waals surface area contributed by atoms with Crippen molar-refractivity contribution in [1.82, 2.24) is 15.2 Å². The molecule has 1 N–H and O–H groups in total. The van der Waals surface area contributed by atoms with Crippen LogP contribution in [0.3, 0.4) is 0 Å². The molecule has 9 heteroatoms. The maximum absolute atomic E-state index is 12.3. The number of ether oxygens (including phenoxy) is 1. The third-order valence-electron chi connectivity index (χ3n) is 5.73. The second kappa shape index (κ2) is 11.0. The number of halogens is 1. The third kappa shape index (κ3) is 6.45. The quantitative estimate of drug-likeness (QED) is 0.344. The molecule has 2 aliphatic rings. The van der Waals surface area contributed by atoms with E-state index < -0.39 is 14.6 Å². The van der Waals surface area contributed by atoms with Crippen molar-refractivity contribution in [2.45, 2.75) is 70.3 Å². The van der Waals surface area contributed by atoms with E-state index in [4.69, 9.17) is 9.73 Å². The zero-order chi connectivity index (χ0) is 20.9. The van der Waals surface area contributed by atoms with Gasteiger partial charge in [-0.1, -0.05) is 6.42 Å². The highest BCUT2D eigenvalue weighted by atomic mass is 127. The molecule has 0 unspecified atom stereocenters. The van der Waals surface area contributed by atoms with Crippen LogP contribution in [0.25, 0.3) is 0 Å². The van der Waals surface area contributed by atoms with Crippen molar-refractivity contribution in [1.29, 1.82) is 0 Å². The van der Waals surface area contributed by atoms with Crippen LogP contribution in [0.15, 0.2) is 23.3 Å². The number of nitrogens with one attached hydrogen (secondary N) is 1. The fourth-order valence-electron chi connectivity index (χ4n) is 3.88. The van der Waals surface area contributed by atoms with Gasteiger partial charge in [0.15, 0.2) is 15.8 Å². The van der Waals surface area contributed by atoms with E-state index in [0.29, 0.717) is 25.5 Å². The molecular formula is C21H35IN4O3S. The van der Waals surface area contributed by atoms with Gasteiger partial charge in [0, 0.05) is 31.9 Å². The maximum Gasteiger partial charge on any atom is 0.213 e. The highest BCUT2D eigenvalue weighted by molar-refractivity contribution is 14.0. The first-order valence-electron chi connectivity index (χ1n) is 10.7. The lowest BCUT2D eigenvalue weighted by Gasteiger charge is -2.39. The van der Waals surface area contributed by atoms with Crippen molar-refractivity contribution in [2.24, 2.45) is 4.99 Å². The molecule has 7 nitrogen and oxygen atoms in total. The Morgan fingerprint density at radius 2 is 2.07 bits per heavy atom. The average Bonchev–Trinajstić information content (AvgIpc) is 2.68. The van der Waals surface area contributed by atoms with Crippen LogP contribution in [-0.2, 0) is 16.4 Å². The van der Waals surface area contributed by atoms with Crippen LogP contribution in [0.5, 0.6) is 5.88 Å². The summed E-state index contributed by atoms with van der Waals surface area (Å²) in [6.45, 7) is 7.72. The van der Waals surface area contributed by atoms with E-state index in [0.717, 1.165) is 30.9 Å². The maximum atomic E-state index is 12.3. The van der Waals surface area contributed by atoms with Gasteiger partial charge in [0.25, 0.3) is 0 Å². The van der Waals surface area contributed by atoms with Gasteiger partial charge in [-0.25, -0.2) is 18.4 Å². The SMILES string of the molecule is CCNC(=NCc1ccnc(OC2CCCCC2)c1)N1CCS(=O)(=O)C(C)(C)C1.I. The predicted molar refractivity (Wildman–Crippen MR) is 131 cm³/mol. The Kier molecular flexibility index (Phi) is 9.20. The third-order valence-corrected chi connectivity index (χ3v) is 8.26. The minimum absolute atomic E-state index is 0. The minimum atomic E-state index is -3.08. The smallest absolute Gasteiger partial charge is 0.213 e.